The lowest BCUT2D eigenvalue weighted by molar-refractivity contribution is 0.0686. The van der Waals surface area contributed by atoms with Gasteiger partial charge in [-0.15, -0.1) is 0 Å². The lowest BCUT2D eigenvalue weighted by atomic mass is 10.2. The smallest absolute Gasteiger partial charge is 0.357 e. The van der Waals surface area contributed by atoms with Crippen LogP contribution in [-0.4, -0.2) is 38.6 Å². The van der Waals surface area contributed by atoms with E-state index in [2.05, 4.69) is 5.10 Å². The number of nitrogens with zero attached hydrogens (tertiary/aromatic N) is 2. The molecule has 1 atom stereocenters. The van der Waals surface area contributed by atoms with Gasteiger partial charge in [0.05, 0.1) is 11.6 Å². The molecule has 1 N–H and O–H groups in total. The molecule has 86 valence electrons. The summed E-state index contributed by atoms with van der Waals surface area (Å²) in [5, 5.41) is 12.8. The molecule has 0 saturated carbocycles. The quantitative estimate of drug-likeness (QED) is 0.810. The summed E-state index contributed by atoms with van der Waals surface area (Å²) < 4.78 is 1.62. The van der Waals surface area contributed by atoms with Crippen LogP contribution >= 0.6 is 11.8 Å². The zero-order chi connectivity index (χ0) is 11.5. The van der Waals surface area contributed by atoms with E-state index in [4.69, 9.17) is 5.11 Å². The monoisotopic (exact) mass is 240 g/mol. The summed E-state index contributed by atoms with van der Waals surface area (Å²) in [6.45, 7) is 0. The van der Waals surface area contributed by atoms with Crippen LogP contribution in [-0.2, 0) is 0 Å². The first kappa shape index (κ1) is 11.2. The van der Waals surface area contributed by atoms with E-state index in [1.807, 2.05) is 11.8 Å². The minimum atomic E-state index is -1.15. The highest BCUT2D eigenvalue weighted by molar-refractivity contribution is 7.99. The zero-order valence-electron chi connectivity index (χ0n) is 8.63. The third-order valence-electron chi connectivity index (χ3n) is 2.60. The summed E-state index contributed by atoms with van der Waals surface area (Å²) in [5.41, 5.74) is 0.00801. The summed E-state index contributed by atoms with van der Waals surface area (Å²) in [6, 6.07) is 0.213. The molecule has 0 amide bonds. The fourth-order valence-corrected chi connectivity index (χ4v) is 2.91. The van der Waals surface area contributed by atoms with E-state index in [9.17, 15) is 9.59 Å². The molecule has 0 aromatic carbocycles. The van der Waals surface area contributed by atoms with E-state index in [1.54, 1.807) is 4.68 Å². The standard InChI is InChI=1S/C10H12N2O3S/c13-5-7-4-12(11-9(7)10(14)15)8-2-1-3-16-6-8/h4-5,8H,1-3,6H2,(H,14,15). The van der Waals surface area contributed by atoms with Crippen LogP contribution in [0.2, 0.25) is 0 Å². The molecule has 1 aliphatic heterocycles. The Bertz CT molecular complexity index is 410. The molecule has 0 radical (unpaired) electrons. The van der Waals surface area contributed by atoms with Gasteiger partial charge in [-0.05, 0) is 18.6 Å². The number of hydrogen-bond acceptors (Lipinski definition) is 4. The van der Waals surface area contributed by atoms with Gasteiger partial charge in [0.2, 0.25) is 0 Å². The first-order valence-electron chi connectivity index (χ1n) is 5.07. The Morgan fingerprint density at radius 3 is 3.00 bits per heavy atom. The van der Waals surface area contributed by atoms with Gasteiger partial charge in [-0.25, -0.2) is 4.79 Å². The van der Waals surface area contributed by atoms with Crippen LogP contribution in [0.1, 0.15) is 39.7 Å². The van der Waals surface area contributed by atoms with Crippen molar-refractivity contribution < 1.29 is 14.7 Å². The Hall–Kier alpha value is -1.30. The number of hydrogen-bond donors (Lipinski definition) is 1. The maximum atomic E-state index is 10.8. The lowest BCUT2D eigenvalue weighted by Crippen LogP contribution is -2.17. The molecular weight excluding hydrogens is 228 g/mol. The Balaban J connectivity index is 2.27. The van der Waals surface area contributed by atoms with Crippen molar-refractivity contribution in [2.45, 2.75) is 18.9 Å². The van der Waals surface area contributed by atoms with Crippen LogP contribution in [0.5, 0.6) is 0 Å². The summed E-state index contributed by atoms with van der Waals surface area (Å²) in [4.78, 5) is 21.5. The van der Waals surface area contributed by atoms with Crippen molar-refractivity contribution in [1.29, 1.82) is 0 Å². The molecule has 0 bridgehead atoms. The maximum Gasteiger partial charge on any atom is 0.357 e. The van der Waals surface area contributed by atoms with Crippen LogP contribution in [0.3, 0.4) is 0 Å². The molecule has 1 aromatic rings. The van der Waals surface area contributed by atoms with Crippen molar-refractivity contribution in [3.05, 3.63) is 17.5 Å². The molecule has 5 nitrogen and oxygen atoms in total. The number of aromatic carboxylic acids is 1. The molecule has 1 unspecified atom stereocenters. The van der Waals surface area contributed by atoms with Crippen LogP contribution < -0.4 is 0 Å². The average molecular weight is 240 g/mol. The van der Waals surface area contributed by atoms with E-state index in [0.29, 0.717) is 6.29 Å². The number of rotatable bonds is 3. The van der Waals surface area contributed by atoms with Crippen molar-refractivity contribution >= 4 is 24.0 Å². The fourth-order valence-electron chi connectivity index (χ4n) is 1.78. The number of carbonyl (C=O) groups is 2. The van der Waals surface area contributed by atoms with Crippen LogP contribution in [0.25, 0.3) is 0 Å². The molecular formula is C10H12N2O3S. The fraction of sp³-hybridized carbons (Fsp3) is 0.500. The number of aromatic nitrogens is 2. The second-order valence-electron chi connectivity index (χ2n) is 3.71. The predicted octanol–water partition coefficient (Wildman–Crippen LogP) is 1.46. The topological polar surface area (TPSA) is 72.2 Å². The first-order chi connectivity index (χ1) is 7.72. The minimum Gasteiger partial charge on any atom is -0.476 e. The third kappa shape index (κ3) is 2.11. The normalized spacial score (nSPS) is 20.6. The average Bonchev–Trinajstić information content (AvgIpc) is 2.74. The van der Waals surface area contributed by atoms with Crippen molar-refractivity contribution in [1.82, 2.24) is 9.78 Å². The third-order valence-corrected chi connectivity index (χ3v) is 3.80. The zero-order valence-corrected chi connectivity index (χ0v) is 9.44. The second kappa shape index (κ2) is 4.69. The van der Waals surface area contributed by atoms with Crippen LogP contribution in [0.4, 0.5) is 0 Å². The van der Waals surface area contributed by atoms with Crippen molar-refractivity contribution in [3.63, 3.8) is 0 Å². The number of carboxylic acid groups (broad SMARTS) is 1. The molecule has 6 heteroatoms. The SMILES string of the molecule is O=Cc1cn(C2CCCSC2)nc1C(=O)O. The van der Waals surface area contributed by atoms with Gasteiger partial charge in [-0.3, -0.25) is 9.48 Å². The molecule has 0 spiro atoms. The number of aldehydes is 1. The van der Waals surface area contributed by atoms with E-state index in [1.165, 1.54) is 6.20 Å². The Morgan fingerprint density at radius 1 is 1.69 bits per heavy atom. The highest BCUT2D eigenvalue weighted by Gasteiger charge is 2.21. The number of thioether (sulfide) groups is 1. The summed E-state index contributed by atoms with van der Waals surface area (Å²) in [6.07, 6.45) is 4.18. The van der Waals surface area contributed by atoms with Gasteiger partial charge in [-0.2, -0.15) is 16.9 Å². The van der Waals surface area contributed by atoms with E-state index >= 15 is 0 Å². The van der Waals surface area contributed by atoms with Gasteiger partial charge < -0.3 is 5.11 Å². The van der Waals surface area contributed by atoms with E-state index in [0.717, 1.165) is 24.3 Å². The highest BCUT2D eigenvalue weighted by Crippen LogP contribution is 2.26. The highest BCUT2D eigenvalue weighted by atomic mass is 32.2. The summed E-state index contributed by atoms with van der Waals surface area (Å²) in [7, 11) is 0. The van der Waals surface area contributed by atoms with Crippen LogP contribution in [0, 0.1) is 0 Å². The molecule has 1 fully saturated rings. The van der Waals surface area contributed by atoms with E-state index in [-0.39, 0.29) is 17.3 Å². The minimum absolute atomic E-state index is 0.148. The largest absolute Gasteiger partial charge is 0.476 e. The van der Waals surface area contributed by atoms with Gasteiger partial charge in [0, 0.05) is 11.9 Å². The van der Waals surface area contributed by atoms with Crippen molar-refractivity contribution in [3.8, 4) is 0 Å². The molecule has 1 aliphatic rings. The lowest BCUT2D eigenvalue weighted by Gasteiger charge is -2.21. The second-order valence-corrected chi connectivity index (χ2v) is 4.86. The van der Waals surface area contributed by atoms with Crippen molar-refractivity contribution in [2.24, 2.45) is 0 Å². The Labute approximate surface area is 96.8 Å². The maximum absolute atomic E-state index is 10.8. The van der Waals surface area contributed by atoms with E-state index < -0.39 is 5.97 Å². The molecule has 2 heterocycles. The Morgan fingerprint density at radius 2 is 2.50 bits per heavy atom. The van der Waals surface area contributed by atoms with Gasteiger partial charge in [0.15, 0.2) is 12.0 Å². The summed E-state index contributed by atoms with van der Waals surface area (Å²) >= 11 is 1.83. The summed E-state index contributed by atoms with van der Waals surface area (Å²) in [5.74, 6) is 0.924. The van der Waals surface area contributed by atoms with Gasteiger partial charge in [0.1, 0.15) is 0 Å². The van der Waals surface area contributed by atoms with Gasteiger partial charge in [0.25, 0.3) is 0 Å². The van der Waals surface area contributed by atoms with Crippen molar-refractivity contribution in [2.75, 3.05) is 11.5 Å². The first-order valence-corrected chi connectivity index (χ1v) is 6.23. The van der Waals surface area contributed by atoms with Crippen LogP contribution in [0.15, 0.2) is 6.20 Å². The number of carboxylic acids is 1. The predicted molar refractivity (Wildman–Crippen MR) is 60.2 cm³/mol. The van der Waals surface area contributed by atoms with Gasteiger partial charge in [-0.1, -0.05) is 0 Å². The molecule has 1 aromatic heterocycles. The number of carbonyl (C=O) groups excluding carboxylic acids is 1. The molecule has 1 saturated heterocycles. The molecule has 16 heavy (non-hydrogen) atoms. The molecule has 0 aliphatic carbocycles. The van der Waals surface area contributed by atoms with Gasteiger partial charge >= 0.3 is 5.97 Å². The molecule has 2 rings (SSSR count). The Kier molecular flexibility index (Phi) is 3.28.